The van der Waals surface area contributed by atoms with Crippen molar-refractivity contribution in [3.63, 3.8) is 0 Å². The van der Waals surface area contributed by atoms with E-state index in [1.165, 1.54) is 6.07 Å². The summed E-state index contributed by atoms with van der Waals surface area (Å²) < 4.78 is 0. The maximum atomic E-state index is 12.2. The highest BCUT2D eigenvalue weighted by atomic mass is 16.6. The molecular weight excluding hydrogens is 270 g/mol. The molecule has 0 radical (unpaired) electrons. The third kappa shape index (κ3) is 2.76. The quantitative estimate of drug-likeness (QED) is 0.651. The van der Waals surface area contributed by atoms with Crippen molar-refractivity contribution in [1.82, 2.24) is 10.6 Å². The van der Waals surface area contributed by atoms with E-state index >= 15 is 0 Å². The van der Waals surface area contributed by atoms with Crippen molar-refractivity contribution in [1.29, 1.82) is 0 Å². The van der Waals surface area contributed by atoms with E-state index in [2.05, 4.69) is 10.6 Å². The van der Waals surface area contributed by atoms with Crippen LogP contribution in [0.25, 0.3) is 0 Å². The third-order valence-corrected chi connectivity index (χ3v) is 4.75. The van der Waals surface area contributed by atoms with Crippen molar-refractivity contribution in [2.75, 3.05) is 13.1 Å². The largest absolute Gasteiger partial charge is 0.352 e. The van der Waals surface area contributed by atoms with Crippen LogP contribution in [-0.4, -0.2) is 23.9 Å². The molecule has 6 nitrogen and oxygen atoms in total. The zero-order chi connectivity index (χ0) is 14.9. The molecule has 1 saturated heterocycles. The van der Waals surface area contributed by atoms with E-state index in [1.807, 2.05) is 0 Å². The second-order valence-corrected chi connectivity index (χ2v) is 5.97. The number of benzene rings is 1. The monoisotopic (exact) mass is 289 g/mol. The van der Waals surface area contributed by atoms with Crippen LogP contribution in [0.2, 0.25) is 0 Å². The Morgan fingerprint density at radius 3 is 2.81 bits per heavy atom. The Morgan fingerprint density at radius 2 is 2.10 bits per heavy atom. The van der Waals surface area contributed by atoms with E-state index in [1.54, 1.807) is 18.2 Å². The number of carbonyl (C=O) groups is 1. The van der Waals surface area contributed by atoms with Gasteiger partial charge in [0.15, 0.2) is 0 Å². The van der Waals surface area contributed by atoms with Gasteiger partial charge in [0, 0.05) is 24.1 Å². The number of para-hydroxylation sites is 1. The average Bonchev–Trinajstić information content (AvgIpc) is 3.19. The number of rotatable bonds is 4. The first kappa shape index (κ1) is 14.0. The number of piperidine rings is 1. The predicted octanol–water partition coefficient (Wildman–Crippen LogP) is 1.60. The van der Waals surface area contributed by atoms with Crippen LogP contribution in [0.4, 0.5) is 5.69 Å². The van der Waals surface area contributed by atoms with Gasteiger partial charge < -0.3 is 10.6 Å². The van der Waals surface area contributed by atoms with Crippen molar-refractivity contribution < 1.29 is 9.72 Å². The number of nitrogens with one attached hydrogen (secondary N) is 2. The molecule has 0 aromatic heterocycles. The van der Waals surface area contributed by atoms with E-state index in [-0.39, 0.29) is 29.5 Å². The Bertz CT molecular complexity index is 567. The molecule has 3 rings (SSSR count). The standard InChI is InChI=1S/C15H19N3O3/c19-14(12-9-15(12)5-7-16-8-6-15)17-10-11-3-1-2-4-13(11)18(20)21/h1-4,12,16H,5-10H2,(H,17,19). The molecule has 1 heterocycles. The molecule has 1 aromatic carbocycles. The summed E-state index contributed by atoms with van der Waals surface area (Å²) in [6, 6.07) is 6.53. The summed E-state index contributed by atoms with van der Waals surface area (Å²) in [5, 5.41) is 17.1. The van der Waals surface area contributed by atoms with Gasteiger partial charge in [-0.3, -0.25) is 14.9 Å². The van der Waals surface area contributed by atoms with Crippen molar-refractivity contribution >= 4 is 11.6 Å². The lowest BCUT2D eigenvalue weighted by Crippen LogP contribution is -2.33. The van der Waals surface area contributed by atoms with Crippen molar-refractivity contribution in [3.8, 4) is 0 Å². The van der Waals surface area contributed by atoms with Crippen LogP contribution < -0.4 is 10.6 Å². The Kier molecular flexibility index (Phi) is 3.63. The van der Waals surface area contributed by atoms with Crippen molar-refractivity contribution in [2.45, 2.75) is 25.8 Å². The lowest BCUT2D eigenvalue weighted by atomic mass is 9.92. The Balaban J connectivity index is 1.59. The lowest BCUT2D eigenvalue weighted by molar-refractivity contribution is -0.385. The lowest BCUT2D eigenvalue weighted by Gasteiger charge is -2.23. The number of nitro groups is 1. The molecule has 1 saturated carbocycles. The number of carbonyl (C=O) groups excluding carboxylic acids is 1. The van der Waals surface area contributed by atoms with Crippen molar-refractivity contribution in [3.05, 3.63) is 39.9 Å². The highest BCUT2D eigenvalue weighted by Crippen LogP contribution is 2.58. The highest BCUT2D eigenvalue weighted by Gasteiger charge is 2.57. The second-order valence-electron chi connectivity index (χ2n) is 5.97. The Hall–Kier alpha value is -1.95. The molecule has 1 aliphatic carbocycles. The van der Waals surface area contributed by atoms with Crippen LogP contribution in [-0.2, 0) is 11.3 Å². The van der Waals surface area contributed by atoms with Gasteiger partial charge in [0.2, 0.25) is 5.91 Å². The first-order chi connectivity index (χ1) is 10.1. The minimum Gasteiger partial charge on any atom is -0.352 e. The molecule has 1 aliphatic heterocycles. The normalized spacial score (nSPS) is 22.8. The molecule has 1 spiro atoms. The van der Waals surface area contributed by atoms with Gasteiger partial charge in [-0.1, -0.05) is 18.2 Å². The molecule has 1 amide bonds. The molecule has 1 unspecified atom stereocenters. The number of hydrogen-bond donors (Lipinski definition) is 2. The number of nitrogens with zero attached hydrogens (tertiary/aromatic N) is 1. The summed E-state index contributed by atoms with van der Waals surface area (Å²) in [5.74, 6) is 0.123. The number of nitro benzene ring substituents is 1. The zero-order valence-electron chi connectivity index (χ0n) is 11.8. The number of amides is 1. The van der Waals surface area contributed by atoms with E-state index in [9.17, 15) is 14.9 Å². The molecule has 112 valence electrons. The first-order valence-electron chi connectivity index (χ1n) is 7.33. The topological polar surface area (TPSA) is 84.3 Å². The highest BCUT2D eigenvalue weighted by molar-refractivity contribution is 5.82. The fourth-order valence-electron chi connectivity index (χ4n) is 3.34. The van der Waals surface area contributed by atoms with Crippen LogP contribution in [0.15, 0.2) is 24.3 Å². The summed E-state index contributed by atoms with van der Waals surface area (Å²) in [7, 11) is 0. The molecule has 1 atom stereocenters. The van der Waals surface area contributed by atoms with Crippen LogP contribution in [0.1, 0.15) is 24.8 Å². The van der Waals surface area contributed by atoms with Gasteiger partial charge >= 0.3 is 0 Å². The summed E-state index contributed by atoms with van der Waals surface area (Å²) in [6.07, 6.45) is 3.06. The van der Waals surface area contributed by atoms with Gasteiger partial charge in [-0.05, 0) is 37.8 Å². The minimum absolute atomic E-state index is 0.0371. The minimum atomic E-state index is -0.410. The summed E-state index contributed by atoms with van der Waals surface area (Å²) >= 11 is 0. The maximum absolute atomic E-state index is 12.2. The molecule has 2 N–H and O–H groups in total. The van der Waals surface area contributed by atoms with Gasteiger partial charge in [-0.2, -0.15) is 0 Å². The first-order valence-corrected chi connectivity index (χ1v) is 7.33. The zero-order valence-corrected chi connectivity index (χ0v) is 11.8. The molecule has 21 heavy (non-hydrogen) atoms. The van der Waals surface area contributed by atoms with Gasteiger partial charge in [-0.25, -0.2) is 0 Å². The fraction of sp³-hybridized carbons (Fsp3) is 0.533. The van der Waals surface area contributed by atoms with E-state index < -0.39 is 4.92 Å². The average molecular weight is 289 g/mol. The van der Waals surface area contributed by atoms with E-state index in [4.69, 9.17) is 0 Å². The second kappa shape index (κ2) is 5.44. The van der Waals surface area contributed by atoms with Gasteiger partial charge in [-0.15, -0.1) is 0 Å². The Morgan fingerprint density at radius 1 is 1.38 bits per heavy atom. The molecule has 6 heteroatoms. The molecule has 1 aromatic rings. The molecule has 2 aliphatic rings. The summed E-state index contributed by atoms with van der Waals surface area (Å²) in [6.45, 7) is 2.18. The van der Waals surface area contributed by atoms with Gasteiger partial charge in [0.25, 0.3) is 5.69 Å². The Labute approximate surface area is 123 Å². The van der Waals surface area contributed by atoms with E-state index in [0.29, 0.717) is 5.56 Å². The van der Waals surface area contributed by atoms with Crippen molar-refractivity contribution in [2.24, 2.45) is 11.3 Å². The van der Waals surface area contributed by atoms with Crippen LogP contribution in [0.3, 0.4) is 0 Å². The summed E-state index contributed by atoms with van der Waals surface area (Å²) in [5.41, 5.74) is 0.804. The molecular formula is C15H19N3O3. The molecule has 0 bridgehead atoms. The van der Waals surface area contributed by atoms with Crippen LogP contribution >= 0.6 is 0 Å². The predicted molar refractivity (Wildman–Crippen MR) is 77.6 cm³/mol. The van der Waals surface area contributed by atoms with Gasteiger partial charge in [0.05, 0.1) is 4.92 Å². The third-order valence-electron chi connectivity index (χ3n) is 4.75. The van der Waals surface area contributed by atoms with E-state index in [0.717, 1.165) is 32.4 Å². The van der Waals surface area contributed by atoms with Crippen LogP contribution in [0, 0.1) is 21.4 Å². The van der Waals surface area contributed by atoms with Gasteiger partial charge in [0.1, 0.15) is 0 Å². The number of hydrogen-bond acceptors (Lipinski definition) is 4. The van der Waals surface area contributed by atoms with Crippen LogP contribution in [0.5, 0.6) is 0 Å². The summed E-state index contributed by atoms with van der Waals surface area (Å²) in [4.78, 5) is 22.8. The smallest absolute Gasteiger partial charge is 0.274 e. The fourth-order valence-corrected chi connectivity index (χ4v) is 3.34. The maximum Gasteiger partial charge on any atom is 0.274 e. The SMILES string of the molecule is O=C(NCc1ccccc1[N+](=O)[O-])C1CC12CCNCC2. The molecule has 2 fully saturated rings.